The highest BCUT2D eigenvalue weighted by molar-refractivity contribution is 5.25. The zero-order valence-corrected chi connectivity index (χ0v) is 11.3. The van der Waals surface area contributed by atoms with Gasteiger partial charge in [0.1, 0.15) is 0 Å². The smallest absolute Gasteiger partial charge is 0.00412 e. The highest BCUT2D eigenvalue weighted by atomic mass is 14.9. The summed E-state index contributed by atoms with van der Waals surface area (Å²) in [4.78, 5) is 0. The van der Waals surface area contributed by atoms with E-state index >= 15 is 0 Å². The molecule has 1 nitrogen and oxygen atoms in total. The highest BCUT2D eigenvalue weighted by Crippen LogP contribution is 2.52. The van der Waals surface area contributed by atoms with Crippen LogP contribution in [0.4, 0.5) is 0 Å². The van der Waals surface area contributed by atoms with Gasteiger partial charge >= 0.3 is 0 Å². The first-order valence-corrected chi connectivity index (χ1v) is 7.00. The molecule has 0 aliphatic heterocycles. The summed E-state index contributed by atoms with van der Waals surface area (Å²) in [6, 6.07) is 11.7. The summed E-state index contributed by atoms with van der Waals surface area (Å²) in [5.41, 5.74) is 1.54. The predicted molar refractivity (Wildman–Crippen MR) is 74.2 cm³/mol. The van der Waals surface area contributed by atoms with E-state index in [1.54, 1.807) is 5.56 Å². The number of hydrogen-bond acceptors (Lipinski definition) is 1. The minimum absolute atomic E-state index is 0.659. The second-order valence-corrected chi connectivity index (χ2v) is 5.59. The lowest BCUT2D eigenvalue weighted by Gasteiger charge is -2.18. The first-order chi connectivity index (χ1) is 8.22. The summed E-state index contributed by atoms with van der Waals surface area (Å²) in [5, 5.41) is 3.51. The van der Waals surface area contributed by atoms with E-state index in [1.807, 2.05) is 0 Å². The van der Waals surface area contributed by atoms with Crippen LogP contribution in [0.2, 0.25) is 0 Å². The molecule has 2 rings (SSSR count). The van der Waals surface area contributed by atoms with E-state index in [2.05, 4.69) is 56.4 Å². The van der Waals surface area contributed by atoms with Crippen LogP contribution in [0, 0.1) is 11.8 Å². The summed E-state index contributed by atoms with van der Waals surface area (Å²) in [7, 11) is 0. The third-order valence-corrected chi connectivity index (χ3v) is 4.08. The monoisotopic (exact) mass is 231 g/mol. The zero-order chi connectivity index (χ0) is 12.3. The summed E-state index contributed by atoms with van der Waals surface area (Å²) in [6.07, 6.45) is 2.70. The van der Waals surface area contributed by atoms with Crippen LogP contribution in [0.15, 0.2) is 30.3 Å². The van der Waals surface area contributed by atoms with Crippen LogP contribution >= 0.6 is 0 Å². The largest absolute Gasteiger partial charge is 0.315 e. The fourth-order valence-corrected chi connectivity index (χ4v) is 3.09. The number of rotatable bonds is 6. The molecule has 0 saturated heterocycles. The molecule has 1 aromatic carbocycles. The Kier molecular flexibility index (Phi) is 4.22. The molecule has 1 aliphatic rings. The average Bonchev–Trinajstić information content (AvgIpc) is 3.10. The third kappa shape index (κ3) is 3.32. The van der Waals surface area contributed by atoms with Gasteiger partial charge in [-0.1, -0.05) is 44.2 Å². The fraction of sp³-hybridized carbons (Fsp3) is 0.625. The van der Waals surface area contributed by atoms with Gasteiger partial charge in [0.2, 0.25) is 0 Å². The summed E-state index contributed by atoms with van der Waals surface area (Å²) >= 11 is 0. The molecule has 0 aromatic heterocycles. The lowest BCUT2D eigenvalue weighted by molar-refractivity contribution is 0.388. The molecule has 4 unspecified atom stereocenters. The molecular formula is C16H25N. The minimum Gasteiger partial charge on any atom is -0.315 e. The molecule has 1 saturated carbocycles. The lowest BCUT2D eigenvalue weighted by Crippen LogP contribution is -2.27. The summed E-state index contributed by atoms with van der Waals surface area (Å²) in [6.45, 7) is 7.99. The Morgan fingerprint density at radius 3 is 2.59 bits per heavy atom. The molecule has 1 N–H and O–H groups in total. The fourth-order valence-electron chi connectivity index (χ4n) is 3.09. The summed E-state index contributed by atoms with van der Waals surface area (Å²) < 4.78 is 0. The molecule has 1 aliphatic carbocycles. The van der Waals surface area contributed by atoms with E-state index in [9.17, 15) is 0 Å². The average molecular weight is 231 g/mol. The molecule has 94 valence electrons. The Bertz CT molecular complexity index is 333. The quantitative estimate of drug-likeness (QED) is 0.785. The number of benzene rings is 1. The Hall–Kier alpha value is -0.820. The van der Waals surface area contributed by atoms with Gasteiger partial charge in [0.25, 0.3) is 0 Å². The van der Waals surface area contributed by atoms with Crippen molar-refractivity contribution in [2.24, 2.45) is 11.8 Å². The molecule has 0 bridgehead atoms. The molecule has 1 aromatic rings. The molecule has 0 heterocycles. The number of hydrogen-bond donors (Lipinski definition) is 1. The van der Waals surface area contributed by atoms with Gasteiger partial charge in [0, 0.05) is 6.04 Å². The maximum Gasteiger partial charge on any atom is 0.00412 e. The van der Waals surface area contributed by atoms with E-state index < -0.39 is 0 Å². The van der Waals surface area contributed by atoms with Crippen molar-refractivity contribution in [2.75, 3.05) is 6.54 Å². The van der Waals surface area contributed by atoms with Crippen LogP contribution in [-0.4, -0.2) is 12.6 Å². The van der Waals surface area contributed by atoms with E-state index in [0.717, 1.165) is 24.3 Å². The van der Waals surface area contributed by atoms with E-state index in [-0.39, 0.29) is 0 Å². The van der Waals surface area contributed by atoms with Crippen molar-refractivity contribution >= 4 is 0 Å². The molecule has 1 heteroatoms. The van der Waals surface area contributed by atoms with Crippen molar-refractivity contribution < 1.29 is 0 Å². The van der Waals surface area contributed by atoms with Crippen LogP contribution in [0.25, 0.3) is 0 Å². The second-order valence-electron chi connectivity index (χ2n) is 5.59. The first kappa shape index (κ1) is 12.6. The Labute approximate surface area is 106 Å². The third-order valence-electron chi connectivity index (χ3n) is 4.08. The zero-order valence-electron chi connectivity index (χ0n) is 11.3. The topological polar surface area (TPSA) is 12.0 Å². The Morgan fingerprint density at radius 1 is 1.24 bits per heavy atom. The highest BCUT2D eigenvalue weighted by Gasteiger charge is 2.41. The van der Waals surface area contributed by atoms with Gasteiger partial charge in [-0.25, -0.2) is 0 Å². The van der Waals surface area contributed by atoms with Crippen LogP contribution in [-0.2, 0) is 0 Å². The Morgan fingerprint density at radius 2 is 1.94 bits per heavy atom. The van der Waals surface area contributed by atoms with Gasteiger partial charge in [-0.3, -0.25) is 0 Å². The van der Waals surface area contributed by atoms with Crippen LogP contribution in [0.1, 0.15) is 45.1 Å². The first-order valence-electron chi connectivity index (χ1n) is 7.00. The number of nitrogens with one attached hydrogen (secondary N) is 1. The second kappa shape index (κ2) is 5.68. The normalized spacial score (nSPS) is 26.5. The van der Waals surface area contributed by atoms with Crippen molar-refractivity contribution in [1.29, 1.82) is 0 Å². The Balaban J connectivity index is 1.82. The maximum absolute atomic E-state index is 3.51. The molecule has 17 heavy (non-hydrogen) atoms. The van der Waals surface area contributed by atoms with E-state index in [1.165, 1.54) is 12.8 Å². The van der Waals surface area contributed by atoms with Gasteiger partial charge < -0.3 is 5.32 Å². The van der Waals surface area contributed by atoms with Gasteiger partial charge in [-0.05, 0) is 49.6 Å². The SMILES string of the molecule is CCNC(C)CC(C)C1CC1c1ccccc1. The predicted octanol–water partition coefficient (Wildman–Crippen LogP) is 3.81. The van der Waals surface area contributed by atoms with E-state index in [0.29, 0.717) is 6.04 Å². The lowest BCUT2D eigenvalue weighted by atomic mass is 9.95. The molecular weight excluding hydrogens is 206 g/mol. The van der Waals surface area contributed by atoms with Crippen molar-refractivity contribution in [3.63, 3.8) is 0 Å². The molecule has 1 fully saturated rings. The molecule has 0 amide bonds. The minimum atomic E-state index is 0.659. The van der Waals surface area contributed by atoms with Crippen molar-refractivity contribution in [1.82, 2.24) is 5.32 Å². The molecule has 0 radical (unpaired) electrons. The van der Waals surface area contributed by atoms with Crippen molar-refractivity contribution in [3.8, 4) is 0 Å². The van der Waals surface area contributed by atoms with Gasteiger partial charge in [-0.15, -0.1) is 0 Å². The van der Waals surface area contributed by atoms with Gasteiger partial charge in [-0.2, -0.15) is 0 Å². The van der Waals surface area contributed by atoms with Crippen LogP contribution in [0.3, 0.4) is 0 Å². The van der Waals surface area contributed by atoms with Gasteiger partial charge in [0.15, 0.2) is 0 Å². The molecule has 4 atom stereocenters. The van der Waals surface area contributed by atoms with Gasteiger partial charge in [0.05, 0.1) is 0 Å². The van der Waals surface area contributed by atoms with E-state index in [4.69, 9.17) is 0 Å². The van der Waals surface area contributed by atoms with Crippen LogP contribution in [0.5, 0.6) is 0 Å². The maximum atomic E-state index is 3.51. The summed E-state index contributed by atoms with van der Waals surface area (Å²) in [5.74, 6) is 2.59. The molecule has 0 spiro atoms. The van der Waals surface area contributed by atoms with Crippen molar-refractivity contribution in [2.45, 2.75) is 45.6 Å². The van der Waals surface area contributed by atoms with Crippen LogP contribution < -0.4 is 5.32 Å². The van der Waals surface area contributed by atoms with Crippen molar-refractivity contribution in [3.05, 3.63) is 35.9 Å². The standard InChI is InChI=1S/C16H25N/c1-4-17-13(3)10-12(2)15-11-16(15)14-8-6-5-7-9-14/h5-9,12-13,15-17H,4,10-11H2,1-3H3.